The Balaban J connectivity index is 2.35. The van der Waals surface area contributed by atoms with Crippen molar-refractivity contribution in [2.45, 2.75) is 45.7 Å². The van der Waals surface area contributed by atoms with Gasteiger partial charge >= 0.3 is 0 Å². The van der Waals surface area contributed by atoms with E-state index in [0.717, 1.165) is 12.8 Å². The highest BCUT2D eigenvalue weighted by Crippen LogP contribution is 2.43. The first-order valence-electron chi connectivity index (χ1n) is 5.67. The lowest BCUT2D eigenvalue weighted by molar-refractivity contribution is 0.300. The third-order valence-corrected chi connectivity index (χ3v) is 3.33. The van der Waals surface area contributed by atoms with E-state index in [9.17, 15) is 4.39 Å². The van der Waals surface area contributed by atoms with Gasteiger partial charge in [0.15, 0.2) is 0 Å². The van der Waals surface area contributed by atoms with E-state index in [1.807, 2.05) is 6.08 Å². The first-order valence-corrected chi connectivity index (χ1v) is 5.67. The summed E-state index contributed by atoms with van der Waals surface area (Å²) in [5.74, 6) is 0. The Morgan fingerprint density at radius 3 is 2.67 bits per heavy atom. The van der Waals surface area contributed by atoms with Gasteiger partial charge < -0.3 is 0 Å². The van der Waals surface area contributed by atoms with Crippen molar-refractivity contribution in [2.24, 2.45) is 5.41 Å². The molecule has 2 aliphatic carbocycles. The molecule has 1 atom stereocenters. The van der Waals surface area contributed by atoms with Crippen LogP contribution in [0.25, 0.3) is 0 Å². The molecule has 2 rings (SSSR count). The molecule has 0 radical (unpaired) electrons. The molecule has 1 saturated carbocycles. The molecule has 15 heavy (non-hydrogen) atoms. The van der Waals surface area contributed by atoms with E-state index in [2.05, 4.69) is 19.9 Å². The van der Waals surface area contributed by atoms with Crippen LogP contribution in [0.2, 0.25) is 0 Å². The first-order chi connectivity index (χ1) is 6.88. The summed E-state index contributed by atoms with van der Waals surface area (Å²) in [6, 6.07) is 0. The molecule has 0 N–H and O–H groups in total. The quantitative estimate of drug-likeness (QED) is 0.553. The van der Waals surface area contributed by atoms with E-state index in [1.165, 1.54) is 17.6 Å². The highest BCUT2D eigenvalue weighted by molar-refractivity contribution is 5.42. The van der Waals surface area contributed by atoms with Crippen LogP contribution in [0.15, 0.2) is 35.5 Å². The average molecular weight is 206 g/mol. The summed E-state index contributed by atoms with van der Waals surface area (Å²) in [4.78, 5) is 0. The zero-order chi connectivity index (χ0) is 11.1. The Morgan fingerprint density at radius 1 is 1.20 bits per heavy atom. The van der Waals surface area contributed by atoms with Gasteiger partial charge in [0, 0.05) is 0 Å². The lowest BCUT2D eigenvalue weighted by atomic mass is 9.72. The third-order valence-electron chi connectivity index (χ3n) is 3.33. The van der Waals surface area contributed by atoms with Crippen molar-refractivity contribution in [3.63, 3.8) is 0 Å². The summed E-state index contributed by atoms with van der Waals surface area (Å²) in [7, 11) is 0. The lowest BCUT2D eigenvalue weighted by Crippen LogP contribution is -2.20. The maximum Gasteiger partial charge on any atom is 0.145 e. The monoisotopic (exact) mass is 206 g/mol. The van der Waals surface area contributed by atoms with Crippen LogP contribution in [0.4, 0.5) is 4.39 Å². The second kappa shape index (κ2) is 3.33. The van der Waals surface area contributed by atoms with Crippen LogP contribution >= 0.6 is 0 Å². The summed E-state index contributed by atoms with van der Waals surface area (Å²) in [6.07, 6.45) is 10.6. The summed E-state index contributed by atoms with van der Waals surface area (Å²) in [6.45, 7) is 6.14. The predicted molar refractivity (Wildman–Crippen MR) is 62.5 cm³/mol. The maximum atomic E-state index is 14.0. The second-order valence-electron chi connectivity index (χ2n) is 5.71. The van der Waals surface area contributed by atoms with Gasteiger partial charge in [-0.1, -0.05) is 26.0 Å². The molecule has 0 nitrogen and oxygen atoms in total. The smallest absolute Gasteiger partial charge is 0.145 e. The molecule has 0 aromatic rings. The summed E-state index contributed by atoms with van der Waals surface area (Å²) >= 11 is 0. The fourth-order valence-corrected chi connectivity index (χ4v) is 2.43. The molecule has 0 aliphatic heterocycles. The minimum atomic E-state index is -1.28. The Labute approximate surface area is 91.6 Å². The average Bonchev–Trinajstić information content (AvgIpc) is 2.19. The molecular weight excluding hydrogens is 187 g/mol. The molecule has 0 bridgehead atoms. The van der Waals surface area contributed by atoms with Gasteiger partial charge in [0.25, 0.3) is 0 Å². The fraction of sp³-hybridized carbons (Fsp3) is 0.571. The van der Waals surface area contributed by atoms with E-state index < -0.39 is 5.67 Å². The topological polar surface area (TPSA) is 0 Å². The van der Waals surface area contributed by atoms with E-state index in [-0.39, 0.29) is 0 Å². The third kappa shape index (κ3) is 2.39. The number of fused-ring (bicyclic) bond motifs is 1. The fourth-order valence-electron chi connectivity index (χ4n) is 2.43. The molecule has 0 spiro atoms. The zero-order valence-corrected chi connectivity index (χ0v) is 9.81. The minimum absolute atomic E-state index is 0.323. The minimum Gasteiger partial charge on any atom is -0.235 e. The largest absolute Gasteiger partial charge is 0.235 e. The Morgan fingerprint density at radius 2 is 1.93 bits per heavy atom. The molecule has 1 fully saturated rings. The molecule has 2 aliphatic rings. The van der Waals surface area contributed by atoms with Crippen molar-refractivity contribution in [3.05, 3.63) is 35.5 Å². The van der Waals surface area contributed by atoms with Crippen molar-refractivity contribution in [1.29, 1.82) is 0 Å². The Kier molecular flexibility index (Phi) is 2.37. The van der Waals surface area contributed by atoms with Crippen molar-refractivity contribution in [1.82, 2.24) is 0 Å². The van der Waals surface area contributed by atoms with Crippen LogP contribution in [0.5, 0.6) is 0 Å². The number of hydrogen-bond acceptors (Lipinski definition) is 0. The molecule has 1 unspecified atom stereocenters. The van der Waals surface area contributed by atoms with Gasteiger partial charge in [-0.05, 0) is 54.9 Å². The van der Waals surface area contributed by atoms with E-state index in [0.29, 0.717) is 5.41 Å². The number of alkyl halides is 1. The molecule has 0 saturated heterocycles. The van der Waals surface area contributed by atoms with E-state index in [1.54, 1.807) is 19.1 Å². The molecule has 1 heteroatoms. The Bertz CT molecular complexity index is 354. The van der Waals surface area contributed by atoms with Crippen LogP contribution in [0.1, 0.15) is 40.0 Å². The van der Waals surface area contributed by atoms with Gasteiger partial charge in [0.05, 0.1) is 0 Å². The molecule has 82 valence electrons. The molecule has 0 aromatic heterocycles. The number of rotatable bonds is 0. The highest BCUT2D eigenvalue weighted by atomic mass is 19.1. The molecular formula is C14H19F. The van der Waals surface area contributed by atoms with Crippen LogP contribution in [0.3, 0.4) is 0 Å². The van der Waals surface area contributed by atoms with E-state index >= 15 is 0 Å². The first kappa shape index (κ1) is 10.7. The lowest BCUT2D eigenvalue weighted by Gasteiger charge is -2.33. The van der Waals surface area contributed by atoms with Crippen molar-refractivity contribution in [2.75, 3.05) is 0 Å². The zero-order valence-electron chi connectivity index (χ0n) is 9.81. The van der Waals surface area contributed by atoms with Gasteiger partial charge in [-0.15, -0.1) is 0 Å². The van der Waals surface area contributed by atoms with Crippen LogP contribution < -0.4 is 0 Å². The second-order valence-corrected chi connectivity index (χ2v) is 5.71. The van der Waals surface area contributed by atoms with Crippen LogP contribution in [0, 0.1) is 5.41 Å². The van der Waals surface area contributed by atoms with Gasteiger partial charge in [0.1, 0.15) is 5.67 Å². The maximum absolute atomic E-state index is 14.0. The van der Waals surface area contributed by atoms with Crippen LogP contribution in [-0.2, 0) is 0 Å². The summed E-state index contributed by atoms with van der Waals surface area (Å²) in [5.41, 5.74) is 1.58. The molecule has 0 aromatic carbocycles. The van der Waals surface area contributed by atoms with Crippen LogP contribution in [-0.4, -0.2) is 5.67 Å². The highest BCUT2D eigenvalue weighted by Gasteiger charge is 2.30. The van der Waals surface area contributed by atoms with Gasteiger partial charge in [-0.3, -0.25) is 0 Å². The van der Waals surface area contributed by atoms with Gasteiger partial charge in [-0.25, -0.2) is 4.39 Å². The predicted octanol–water partition coefficient (Wildman–Crippen LogP) is 4.35. The van der Waals surface area contributed by atoms with Gasteiger partial charge in [0.2, 0.25) is 0 Å². The number of hydrogen-bond donors (Lipinski definition) is 0. The Hall–Kier alpha value is -0.850. The van der Waals surface area contributed by atoms with Gasteiger partial charge in [-0.2, -0.15) is 0 Å². The van der Waals surface area contributed by atoms with Crippen molar-refractivity contribution in [3.8, 4) is 0 Å². The van der Waals surface area contributed by atoms with Crippen molar-refractivity contribution >= 4 is 0 Å². The molecule has 0 heterocycles. The van der Waals surface area contributed by atoms with Crippen molar-refractivity contribution < 1.29 is 4.39 Å². The molecule has 0 amide bonds. The SMILES string of the molecule is CC1(F)C=CC=C2CCC(C)(C)CC2=C1. The number of halogens is 1. The summed E-state index contributed by atoms with van der Waals surface area (Å²) < 4.78 is 14.0. The normalized spacial score (nSPS) is 33.9. The standard InChI is InChI=1S/C14H19F/c1-13(2)8-6-11-5-4-7-14(3,15)10-12(11)9-13/h4-5,7,10H,6,8-9H2,1-3H3. The van der Waals surface area contributed by atoms with E-state index in [4.69, 9.17) is 0 Å². The summed E-state index contributed by atoms with van der Waals surface area (Å²) in [5, 5.41) is 0. The number of allylic oxidation sites excluding steroid dienone is 6.